The molecule has 0 aliphatic rings. The number of aryl methyl sites for hydroxylation is 2. The molecule has 0 unspecified atom stereocenters. The topological polar surface area (TPSA) is 44.0 Å². The van der Waals surface area contributed by atoms with Crippen molar-refractivity contribution in [2.24, 2.45) is 4.99 Å². The average molecular weight is 446 g/mol. The summed E-state index contributed by atoms with van der Waals surface area (Å²) in [6.45, 7) is 6.52. The largest absolute Gasteiger partial charge is 0.497 e. The molecule has 0 aliphatic carbocycles. The summed E-state index contributed by atoms with van der Waals surface area (Å²) in [4.78, 5) is 6.23. The molecule has 0 atom stereocenters. The Labute approximate surface area is 192 Å². The Bertz CT molecular complexity index is 1310. The second kappa shape index (κ2) is 9.53. The third kappa shape index (κ3) is 4.39. The van der Waals surface area contributed by atoms with Gasteiger partial charge >= 0.3 is 0 Å². The van der Waals surface area contributed by atoms with E-state index in [0.29, 0.717) is 6.61 Å². The number of furan rings is 1. The molecule has 0 amide bonds. The van der Waals surface area contributed by atoms with Crippen LogP contribution >= 0.6 is 11.8 Å². The molecule has 0 N–H and O–H groups in total. The highest BCUT2D eigenvalue weighted by molar-refractivity contribution is 7.98. The summed E-state index contributed by atoms with van der Waals surface area (Å²) in [5.41, 5.74) is 3.00. The molecule has 0 fully saturated rings. The summed E-state index contributed by atoms with van der Waals surface area (Å²) >= 11 is 1.73. The molecule has 4 rings (SSSR count). The van der Waals surface area contributed by atoms with Crippen molar-refractivity contribution < 1.29 is 13.9 Å². The fourth-order valence-electron chi connectivity index (χ4n) is 3.87. The quantitative estimate of drug-likeness (QED) is 0.298. The van der Waals surface area contributed by atoms with E-state index in [2.05, 4.69) is 42.7 Å². The Kier molecular flexibility index (Phi) is 6.56. The molecular weight excluding hydrogens is 418 g/mol. The monoisotopic (exact) mass is 445 g/mol. The van der Waals surface area contributed by atoms with Gasteiger partial charge in [-0.2, -0.15) is 0 Å². The molecule has 0 saturated carbocycles. The van der Waals surface area contributed by atoms with E-state index in [-0.39, 0.29) is 0 Å². The lowest BCUT2D eigenvalue weighted by atomic mass is 10.1. The van der Waals surface area contributed by atoms with Gasteiger partial charge in [0.25, 0.3) is 0 Å². The number of rotatable bonds is 6. The van der Waals surface area contributed by atoms with Crippen LogP contribution in [0, 0.1) is 13.8 Å². The standard InChI is InChI=1S/C27H27NO3S/c1-6-30-25-16-20(19-7-13-23(32-5)14-8-19)15-24(26-17(2)31-18(3)27(25)26)28-21-9-11-22(29-4)12-10-21/h7-16H,6H2,1-5H3. The van der Waals surface area contributed by atoms with Gasteiger partial charge in [-0.05, 0) is 86.7 Å². The van der Waals surface area contributed by atoms with E-state index in [9.17, 15) is 0 Å². The van der Waals surface area contributed by atoms with Gasteiger partial charge in [-0.3, -0.25) is 0 Å². The molecule has 4 nitrogen and oxygen atoms in total. The molecule has 1 aromatic heterocycles. The van der Waals surface area contributed by atoms with Crippen LogP contribution in [-0.4, -0.2) is 20.0 Å². The molecule has 5 heteroatoms. The number of ether oxygens (including phenoxy) is 2. The first-order valence-electron chi connectivity index (χ1n) is 10.6. The zero-order valence-electron chi connectivity index (χ0n) is 19.1. The zero-order chi connectivity index (χ0) is 22.7. The fourth-order valence-corrected chi connectivity index (χ4v) is 4.28. The van der Waals surface area contributed by atoms with Gasteiger partial charge in [-0.15, -0.1) is 11.8 Å². The van der Waals surface area contributed by atoms with Crippen molar-refractivity contribution in [2.45, 2.75) is 25.7 Å². The summed E-state index contributed by atoms with van der Waals surface area (Å²) in [6.07, 6.45) is 2.08. The second-order valence-electron chi connectivity index (χ2n) is 7.43. The van der Waals surface area contributed by atoms with Crippen molar-refractivity contribution in [1.82, 2.24) is 0 Å². The van der Waals surface area contributed by atoms with E-state index in [4.69, 9.17) is 18.9 Å². The van der Waals surface area contributed by atoms with Gasteiger partial charge in [0.05, 0.1) is 35.5 Å². The van der Waals surface area contributed by atoms with Crippen molar-refractivity contribution >= 4 is 28.2 Å². The lowest BCUT2D eigenvalue weighted by Gasteiger charge is -2.05. The van der Waals surface area contributed by atoms with Crippen LogP contribution in [0.15, 0.2) is 75.0 Å². The predicted octanol–water partition coefficient (Wildman–Crippen LogP) is 7.08. The highest BCUT2D eigenvalue weighted by Crippen LogP contribution is 2.34. The highest BCUT2D eigenvalue weighted by Gasteiger charge is 2.15. The van der Waals surface area contributed by atoms with E-state index in [1.165, 1.54) is 4.90 Å². The lowest BCUT2D eigenvalue weighted by molar-refractivity contribution is 0.344. The first-order chi connectivity index (χ1) is 15.5. The predicted molar refractivity (Wildman–Crippen MR) is 132 cm³/mol. The first-order valence-corrected chi connectivity index (χ1v) is 11.8. The van der Waals surface area contributed by atoms with Crippen LogP contribution in [0.2, 0.25) is 0 Å². The first kappa shape index (κ1) is 22.0. The highest BCUT2D eigenvalue weighted by atomic mass is 32.2. The Morgan fingerprint density at radius 1 is 0.875 bits per heavy atom. The molecular formula is C27H27NO3S. The van der Waals surface area contributed by atoms with Gasteiger partial charge in [-0.1, -0.05) is 12.1 Å². The molecule has 0 aliphatic heterocycles. The molecule has 3 aromatic carbocycles. The van der Waals surface area contributed by atoms with E-state index < -0.39 is 0 Å². The molecule has 0 spiro atoms. The van der Waals surface area contributed by atoms with Crippen molar-refractivity contribution in [2.75, 3.05) is 20.0 Å². The van der Waals surface area contributed by atoms with Crippen molar-refractivity contribution in [3.8, 4) is 22.6 Å². The van der Waals surface area contributed by atoms with Crippen molar-refractivity contribution in [1.29, 1.82) is 0 Å². The molecule has 32 heavy (non-hydrogen) atoms. The van der Waals surface area contributed by atoms with E-state index in [1.807, 2.05) is 45.0 Å². The second-order valence-corrected chi connectivity index (χ2v) is 8.31. The fraction of sp³-hybridized carbons (Fsp3) is 0.222. The summed E-state index contributed by atoms with van der Waals surface area (Å²) in [7, 11) is 1.66. The Morgan fingerprint density at radius 2 is 1.56 bits per heavy atom. The number of fused-ring (bicyclic) bond motifs is 1. The molecule has 4 aromatic rings. The van der Waals surface area contributed by atoms with Gasteiger partial charge in [-0.25, -0.2) is 4.99 Å². The summed E-state index contributed by atoms with van der Waals surface area (Å²) < 4.78 is 17.4. The normalized spacial score (nSPS) is 11.7. The van der Waals surface area contributed by atoms with Gasteiger partial charge in [0.1, 0.15) is 23.0 Å². The average Bonchev–Trinajstić information content (AvgIpc) is 3.01. The Balaban J connectivity index is 2.05. The molecule has 0 radical (unpaired) electrons. The maximum absolute atomic E-state index is 6.09. The maximum atomic E-state index is 6.09. The number of methoxy groups -OCH3 is 1. The Morgan fingerprint density at radius 3 is 2.19 bits per heavy atom. The van der Waals surface area contributed by atoms with E-state index >= 15 is 0 Å². The molecule has 1 heterocycles. The summed E-state index contributed by atoms with van der Waals surface area (Å²) in [6, 6.07) is 20.5. The van der Waals surface area contributed by atoms with Crippen LogP contribution < -0.4 is 14.8 Å². The zero-order valence-corrected chi connectivity index (χ0v) is 19.9. The summed E-state index contributed by atoms with van der Waals surface area (Å²) in [5.74, 6) is 3.26. The van der Waals surface area contributed by atoms with Gasteiger partial charge < -0.3 is 13.9 Å². The van der Waals surface area contributed by atoms with Gasteiger partial charge in [0.15, 0.2) is 0 Å². The number of hydrogen-bond acceptors (Lipinski definition) is 5. The SMILES string of the molecule is CCOc1cc(-c2ccc(SC)cc2)cc(=Nc2ccc(OC)cc2)c2c(C)oc(C)c12. The summed E-state index contributed by atoms with van der Waals surface area (Å²) in [5, 5.41) is 2.77. The van der Waals surface area contributed by atoms with E-state index in [0.717, 1.165) is 56.0 Å². The number of nitrogens with zero attached hydrogens (tertiary/aromatic N) is 1. The van der Waals surface area contributed by atoms with Gasteiger partial charge in [0, 0.05) is 4.90 Å². The number of benzene rings is 2. The van der Waals surface area contributed by atoms with Crippen LogP contribution in [0.25, 0.3) is 21.9 Å². The third-order valence-corrected chi connectivity index (χ3v) is 6.13. The minimum Gasteiger partial charge on any atom is -0.497 e. The van der Waals surface area contributed by atoms with Crippen LogP contribution in [-0.2, 0) is 0 Å². The maximum Gasteiger partial charge on any atom is 0.131 e. The number of thioether (sulfide) groups is 1. The molecule has 0 saturated heterocycles. The Hall–Kier alpha value is -3.18. The third-order valence-electron chi connectivity index (χ3n) is 5.39. The van der Waals surface area contributed by atoms with Crippen LogP contribution in [0.1, 0.15) is 18.4 Å². The minimum atomic E-state index is 0.568. The molecule has 164 valence electrons. The molecule has 0 bridgehead atoms. The van der Waals surface area contributed by atoms with Crippen LogP contribution in [0.5, 0.6) is 11.5 Å². The van der Waals surface area contributed by atoms with Gasteiger partial charge in [0.2, 0.25) is 0 Å². The minimum absolute atomic E-state index is 0.568. The van der Waals surface area contributed by atoms with Crippen LogP contribution in [0.3, 0.4) is 0 Å². The lowest BCUT2D eigenvalue weighted by Crippen LogP contribution is -2.00. The van der Waals surface area contributed by atoms with Crippen molar-refractivity contribution in [3.63, 3.8) is 0 Å². The smallest absolute Gasteiger partial charge is 0.131 e. The number of hydrogen-bond donors (Lipinski definition) is 0. The van der Waals surface area contributed by atoms with E-state index in [1.54, 1.807) is 18.9 Å². The van der Waals surface area contributed by atoms with Crippen molar-refractivity contribution in [3.05, 3.63) is 77.5 Å². The van der Waals surface area contributed by atoms with Crippen LogP contribution in [0.4, 0.5) is 5.69 Å².